The lowest BCUT2D eigenvalue weighted by molar-refractivity contribution is -0.119. The third-order valence-electron chi connectivity index (χ3n) is 5.39. The SMILES string of the molecule is CN=C(NCC1CCCC1)N1CCCC2(CNC(=O)C2)C1.I. The highest BCUT2D eigenvalue weighted by atomic mass is 127. The molecule has 2 heterocycles. The highest BCUT2D eigenvalue weighted by Gasteiger charge is 2.42. The summed E-state index contributed by atoms with van der Waals surface area (Å²) in [5.41, 5.74) is 0.139. The van der Waals surface area contributed by atoms with E-state index in [-0.39, 0.29) is 35.3 Å². The number of hydrogen-bond acceptors (Lipinski definition) is 2. The molecule has 0 aromatic heterocycles. The largest absolute Gasteiger partial charge is 0.356 e. The summed E-state index contributed by atoms with van der Waals surface area (Å²) in [5, 5.41) is 6.58. The van der Waals surface area contributed by atoms with Gasteiger partial charge < -0.3 is 15.5 Å². The fourth-order valence-electron chi connectivity index (χ4n) is 4.21. The van der Waals surface area contributed by atoms with Crippen LogP contribution < -0.4 is 10.6 Å². The Bertz CT molecular complexity index is 422. The number of amides is 1. The Hall–Kier alpha value is -0.530. The summed E-state index contributed by atoms with van der Waals surface area (Å²) in [4.78, 5) is 18.4. The molecular weight excluding hydrogens is 391 g/mol. The van der Waals surface area contributed by atoms with Crippen molar-refractivity contribution in [1.29, 1.82) is 0 Å². The molecule has 2 aliphatic heterocycles. The number of likely N-dealkylation sites (tertiary alicyclic amines) is 1. The number of halogens is 1. The maximum atomic E-state index is 11.6. The molecule has 2 N–H and O–H groups in total. The van der Waals surface area contributed by atoms with E-state index in [0.717, 1.165) is 50.9 Å². The van der Waals surface area contributed by atoms with Gasteiger partial charge in [-0.15, -0.1) is 24.0 Å². The first-order valence-electron chi connectivity index (χ1n) is 8.43. The Balaban J connectivity index is 0.00000176. The van der Waals surface area contributed by atoms with Crippen molar-refractivity contribution in [3.63, 3.8) is 0 Å². The lowest BCUT2D eigenvalue weighted by Crippen LogP contribution is -2.51. The summed E-state index contributed by atoms with van der Waals surface area (Å²) in [6, 6.07) is 0. The van der Waals surface area contributed by atoms with Crippen LogP contribution in [-0.2, 0) is 4.79 Å². The maximum Gasteiger partial charge on any atom is 0.220 e. The molecular formula is C16H29IN4O. The van der Waals surface area contributed by atoms with Crippen LogP contribution in [0.5, 0.6) is 0 Å². The van der Waals surface area contributed by atoms with Gasteiger partial charge in [-0.05, 0) is 31.6 Å². The van der Waals surface area contributed by atoms with Crippen LogP contribution >= 0.6 is 24.0 Å². The van der Waals surface area contributed by atoms with Crippen molar-refractivity contribution in [3.8, 4) is 0 Å². The Morgan fingerprint density at radius 3 is 2.82 bits per heavy atom. The van der Waals surface area contributed by atoms with E-state index < -0.39 is 0 Å². The van der Waals surface area contributed by atoms with Gasteiger partial charge in [-0.25, -0.2) is 0 Å². The minimum atomic E-state index is 0. The van der Waals surface area contributed by atoms with Crippen molar-refractivity contribution in [3.05, 3.63) is 0 Å². The molecule has 0 bridgehead atoms. The number of hydrogen-bond donors (Lipinski definition) is 2. The molecule has 1 spiro atoms. The van der Waals surface area contributed by atoms with E-state index in [1.807, 2.05) is 7.05 Å². The van der Waals surface area contributed by atoms with Crippen molar-refractivity contribution < 1.29 is 4.79 Å². The van der Waals surface area contributed by atoms with Gasteiger partial charge in [0.2, 0.25) is 5.91 Å². The molecule has 1 atom stereocenters. The van der Waals surface area contributed by atoms with Crippen molar-refractivity contribution in [2.24, 2.45) is 16.3 Å². The minimum Gasteiger partial charge on any atom is -0.356 e. The van der Waals surface area contributed by atoms with Crippen LogP contribution in [0.4, 0.5) is 0 Å². The van der Waals surface area contributed by atoms with Crippen LogP contribution in [-0.4, -0.2) is 50.0 Å². The normalized spacial score (nSPS) is 29.6. The molecule has 0 radical (unpaired) electrons. The van der Waals surface area contributed by atoms with Crippen molar-refractivity contribution in [2.75, 3.05) is 33.2 Å². The Morgan fingerprint density at radius 1 is 1.41 bits per heavy atom. The van der Waals surface area contributed by atoms with Gasteiger partial charge in [0.05, 0.1) is 0 Å². The van der Waals surface area contributed by atoms with E-state index in [2.05, 4.69) is 20.5 Å². The summed E-state index contributed by atoms with van der Waals surface area (Å²) in [6.45, 7) is 3.89. The topological polar surface area (TPSA) is 56.7 Å². The fraction of sp³-hybridized carbons (Fsp3) is 0.875. The van der Waals surface area contributed by atoms with Gasteiger partial charge in [0.15, 0.2) is 5.96 Å². The van der Waals surface area contributed by atoms with E-state index in [4.69, 9.17) is 0 Å². The molecule has 0 aromatic carbocycles. The first-order chi connectivity index (χ1) is 10.2. The summed E-state index contributed by atoms with van der Waals surface area (Å²) in [7, 11) is 1.87. The number of rotatable bonds is 2. The second-order valence-corrected chi connectivity index (χ2v) is 7.06. The average Bonchev–Trinajstić information content (AvgIpc) is 3.11. The second kappa shape index (κ2) is 7.84. The third kappa shape index (κ3) is 4.06. The number of piperidine rings is 1. The van der Waals surface area contributed by atoms with E-state index in [9.17, 15) is 4.79 Å². The predicted molar refractivity (Wildman–Crippen MR) is 99.6 cm³/mol. The molecule has 6 heteroatoms. The van der Waals surface area contributed by atoms with Gasteiger partial charge in [0, 0.05) is 45.1 Å². The minimum absolute atomic E-state index is 0. The quantitative estimate of drug-likeness (QED) is 0.408. The van der Waals surface area contributed by atoms with Gasteiger partial charge in [0.1, 0.15) is 0 Å². The molecule has 3 fully saturated rings. The van der Waals surface area contributed by atoms with E-state index >= 15 is 0 Å². The van der Waals surface area contributed by atoms with Crippen molar-refractivity contribution in [2.45, 2.75) is 44.9 Å². The molecule has 1 amide bonds. The molecule has 1 unspecified atom stereocenters. The number of carbonyl (C=O) groups is 1. The summed E-state index contributed by atoms with van der Waals surface area (Å²) in [6.07, 6.45) is 8.46. The number of nitrogens with zero attached hydrogens (tertiary/aromatic N) is 2. The van der Waals surface area contributed by atoms with Gasteiger partial charge in [-0.2, -0.15) is 0 Å². The molecule has 126 valence electrons. The second-order valence-electron chi connectivity index (χ2n) is 7.06. The molecule has 22 heavy (non-hydrogen) atoms. The van der Waals surface area contributed by atoms with E-state index in [1.54, 1.807) is 0 Å². The number of nitrogens with one attached hydrogen (secondary N) is 2. The highest BCUT2D eigenvalue weighted by Crippen LogP contribution is 2.36. The number of carbonyl (C=O) groups excluding carboxylic acids is 1. The maximum absolute atomic E-state index is 11.6. The molecule has 3 rings (SSSR count). The molecule has 1 saturated carbocycles. The van der Waals surface area contributed by atoms with Gasteiger partial charge in [-0.3, -0.25) is 9.79 Å². The molecule has 2 saturated heterocycles. The molecule has 3 aliphatic rings. The zero-order valence-electron chi connectivity index (χ0n) is 13.6. The fourth-order valence-corrected chi connectivity index (χ4v) is 4.21. The smallest absolute Gasteiger partial charge is 0.220 e. The summed E-state index contributed by atoms with van der Waals surface area (Å²) >= 11 is 0. The van der Waals surface area contributed by atoms with Crippen LogP contribution in [0.1, 0.15) is 44.9 Å². The standard InChI is InChI=1S/C16H28N4O.HI/c1-17-15(18-10-13-5-2-3-6-13)20-8-4-7-16(12-20)9-14(21)19-11-16;/h13H,2-12H2,1H3,(H,17,18)(H,19,21);1H. The summed E-state index contributed by atoms with van der Waals surface area (Å²) in [5.74, 6) is 2.06. The highest BCUT2D eigenvalue weighted by molar-refractivity contribution is 14.0. The molecule has 5 nitrogen and oxygen atoms in total. The van der Waals surface area contributed by atoms with Gasteiger partial charge in [-0.1, -0.05) is 12.8 Å². The lowest BCUT2D eigenvalue weighted by Gasteiger charge is -2.41. The lowest BCUT2D eigenvalue weighted by atomic mass is 9.79. The zero-order valence-corrected chi connectivity index (χ0v) is 15.9. The van der Waals surface area contributed by atoms with Crippen molar-refractivity contribution >= 4 is 35.8 Å². The van der Waals surface area contributed by atoms with Crippen molar-refractivity contribution in [1.82, 2.24) is 15.5 Å². The first-order valence-corrected chi connectivity index (χ1v) is 8.43. The Labute approximate surface area is 150 Å². The van der Waals surface area contributed by atoms with Crippen LogP contribution in [0, 0.1) is 11.3 Å². The van der Waals surface area contributed by atoms with Crippen LogP contribution in [0.2, 0.25) is 0 Å². The van der Waals surface area contributed by atoms with Gasteiger partial charge >= 0.3 is 0 Å². The Kier molecular flexibility index (Phi) is 6.35. The third-order valence-corrected chi connectivity index (χ3v) is 5.39. The Morgan fingerprint density at radius 2 is 2.18 bits per heavy atom. The van der Waals surface area contributed by atoms with Crippen LogP contribution in [0.25, 0.3) is 0 Å². The monoisotopic (exact) mass is 420 g/mol. The van der Waals surface area contributed by atoms with E-state index in [1.165, 1.54) is 25.7 Å². The summed E-state index contributed by atoms with van der Waals surface area (Å²) < 4.78 is 0. The molecule has 1 aliphatic carbocycles. The average molecular weight is 420 g/mol. The van der Waals surface area contributed by atoms with Crippen LogP contribution in [0.15, 0.2) is 4.99 Å². The predicted octanol–water partition coefficient (Wildman–Crippen LogP) is 1.97. The number of guanidine groups is 1. The van der Waals surface area contributed by atoms with Crippen LogP contribution in [0.3, 0.4) is 0 Å². The number of aliphatic imine (C=N–C) groups is 1. The van der Waals surface area contributed by atoms with Gasteiger partial charge in [0.25, 0.3) is 0 Å². The first kappa shape index (κ1) is 17.8. The molecule has 0 aromatic rings. The zero-order chi connectivity index (χ0) is 14.7. The van der Waals surface area contributed by atoms with E-state index in [0.29, 0.717) is 6.42 Å².